The normalized spacial score (nSPS) is 14.7. The first-order valence-electron chi connectivity index (χ1n) is 3.92. The van der Waals surface area contributed by atoms with Crippen molar-refractivity contribution in [2.24, 2.45) is 0 Å². The third kappa shape index (κ3) is 5.12. The minimum atomic E-state index is 0.529. The predicted molar refractivity (Wildman–Crippen MR) is 50.8 cm³/mol. The first-order chi connectivity index (χ1) is 4.54. The van der Waals surface area contributed by atoms with Gasteiger partial charge in [-0.25, -0.2) is 0 Å². The average molecular weight is 161 g/mol. The second-order valence-electron chi connectivity index (χ2n) is 3.21. The van der Waals surface area contributed by atoms with Crippen LogP contribution in [0.2, 0.25) is 0 Å². The molecule has 62 valence electrons. The van der Waals surface area contributed by atoms with E-state index in [0.29, 0.717) is 11.3 Å². The molecule has 0 aromatic rings. The molecule has 0 aliphatic carbocycles. The van der Waals surface area contributed by atoms with Crippen LogP contribution < -0.4 is 0 Å². The molecule has 1 nitrogen and oxygen atoms in total. The maximum absolute atomic E-state index is 4.31. The third-order valence-corrected chi connectivity index (χ3v) is 2.04. The minimum absolute atomic E-state index is 0.529. The van der Waals surface area contributed by atoms with E-state index in [1.807, 2.05) is 0 Å². The molecule has 10 heavy (non-hydrogen) atoms. The van der Waals surface area contributed by atoms with Gasteiger partial charge >= 0.3 is 0 Å². The van der Waals surface area contributed by atoms with Crippen LogP contribution in [0.1, 0.15) is 27.2 Å². The Morgan fingerprint density at radius 3 is 2.10 bits per heavy atom. The highest BCUT2D eigenvalue weighted by atomic mass is 32.1. The van der Waals surface area contributed by atoms with Crippen molar-refractivity contribution in [2.45, 2.75) is 38.5 Å². The summed E-state index contributed by atoms with van der Waals surface area (Å²) in [5, 5.41) is 0.529. The predicted octanol–water partition coefficient (Wildman–Crippen LogP) is 2.04. The molecule has 0 rings (SSSR count). The zero-order valence-corrected chi connectivity index (χ0v) is 8.36. The van der Waals surface area contributed by atoms with Gasteiger partial charge < -0.3 is 4.90 Å². The van der Waals surface area contributed by atoms with Gasteiger partial charge in [-0.15, -0.1) is 0 Å². The lowest BCUT2D eigenvalue weighted by atomic mass is 10.3. The fourth-order valence-electron chi connectivity index (χ4n) is 0.649. The largest absolute Gasteiger partial charge is 0.304 e. The van der Waals surface area contributed by atoms with Gasteiger partial charge in [0.15, 0.2) is 0 Å². The van der Waals surface area contributed by atoms with Crippen molar-refractivity contribution in [3.8, 4) is 0 Å². The van der Waals surface area contributed by atoms with Gasteiger partial charge in [0, 0.05) is 11.3 Å². The molecule has 0 heterocycles. The van der Waals surface area contributed by atoms with Gasteiger partial charge in [0.05, 0.1) is 0 Å². The minimum Gasteiger partial charge on any atom is -0.304 e. The second kappa shape index (κ2) is 5.03. The smallest absolute Gasteiger partial charge is 0.00355 e. The SMILES string of the molecule is CC(S)CCN(C)C(C)C. The van der Waals surface area contributed by atoms with Crippen LogP contribution in [0.5, 0.6) is 0 Å². The summed E-state index contributed by atoms with van der Waals surface area (Å²) in [7, 11) is 2.15. The van der Waals surface area contributed by atoms with Crippen LogP contribution in [0.25, 0.3) is 0 Å². The molecule has 0 saturated carbocycles. The van der Waals surface area contributed by atoms with Crippen molar-refractivity contribution in [1.82, 2.24) is 4.90 Å². The van der Waals surface area contributed by atoms with Gasteiger partial charge in [-0.3, -0.25) is 0 Å². The topological polar surface area (TPSA) is 3.24 Å². The molecule has 0 fully saturated rings. The maximum Gasteiger partial charge on any atom is 0.00355 e. The molecule has 0 aromatic carbocycles. The first kappa shape index (κ1) is 10.3. The summed E-state index contributed by atoms with van der Waals surface area (Å²) in [4.78, 5) is 2.34. The monoisotopic (exact) mass is 161 g/mol. The zero-order valence-electron chi connectivity index (χ0n) is 7.46. The Balaban J connectivity index is 3.30. The van der Waals surface area contributed by atoms with Crippen molar-refractivity contribution in [2.75, 3.05) is 13.6 Å². The highest BCUT2D eigenvalue weighted by molar-refractivity contribution is 7.80. The van der Waals surface area contributed by atoms with Crippen LogP contribution in [-0.2, 0) is 0 Å². The van der Waals surface area contributed by atoms with Crippen LogP contribution in [0.4, 0.5) is 0 Å². The molecule has 1 atom stereocenters. The maximum atomic E-state index is 4.31. The van der Waals surface area contributed by atoms with E-state index < -0.39 is 0 Å². The molecule has 0 amide bonds. The molecular weight excluding hydrogens is 142 g/mol. The van der Waals surface area contributed by atoms with E-state index in [0.717, 1.165) is 6.54 Å². The van der Waals surface area contributed by atoms with Crippen LogP contribution in [0, 0.1) is 0 Å². The van der Waals surface area contributed by atoms with Crippen LogP contribution in [0.15, 0.2) is 0 Å². The van der Waals surface area contributed by atoms with E-state index in [4.69, 9.17) is 0 Å². The highest BCUT2D eigenvalue weighted by Gasteiger charge is 2.03. The van der Waals surface area contributed by atoms with Gasteiger partial charge in [-0.2, -0.15) is 12.6 Å². The lowest BCUT2D eigenvalue weighted by Crippen LogP contribution is -2.28. The molecule has 0 bridgehead atoms. The van der Waals surface area contributed by atoms with Crippen LogP contribution in [-0.4, -0.2) is 29.8 Å². The Morgan fingerprint density at radius 1 is 1.30 bits per heavy atom. The van der Waals surface area contributed by atoms with Crippen molar-refractivity contribution in [1.29, 1.82) is 0 Å². The molecule has 2 heteroatoms. The van der Waals surface area contributed by atoms with E-state index in [9.17, 15) is 0 Å². The fraction of sp³-hybridized carbons (Fsp3) is 1.00. The summed E-state index contributed by atoms with van der Waals surface area (Å²) < 4.78 is 0. The number of nitrogens with zero attached hydrogens (tertiary/aromatic N) is 1. The summed E-state index contributed by atoms with van der Waals surface area (Å²) in [5.74, 6) is 0. The number of thiol groups is 1. The summed E-state index contributed by atoms with van der Waals surface area (Å²) in [5.41, 5.74) is 0. The molecule has 0 aliphatic rings. The standard InChI is InChI=1S/C8H19NS/c1-7(2)9(4)6-5-8(3)10/h7-8,10H,5-6H2,1-4H3. The van der Waals surface area contributed by atoms with Gasteiger partial charge in [-0.1, -0.05) is 6.92 Å². The van der Waals surface area contributed by atoms with Crippen LogP contribution >= 0.6 is 12.6 Å². The summed E-state index contributed by atoms with van der Waals surface area (Å²) in [6.07, 6.45) is 1.18. The quantitative estimate of drug-likeness (QED) is 0.618. The molecule has 1 unspecified atom stereocenters. The Kier molecular flexibility index (Phi) is 5.18. The Labute approximate surface area is 70.2 Å². The van der Waals surface area contributed by atoms with E-state index in [1.54, 1.807) is 0 Å². The molecule has 0 saturated heterocycles. The summed E-state index contributed by atoms with van der Waals surface area (Å²) in [6.45, 7) is 7.71. The van der Waals surface area contributed by atoms with Crippen molar-refractivity contribution >= 4 is 12.6 Å². The van der Waals surface area contributed by atoms with Gasteiger partial charge in [0.25, 0.3) is 0 Å². The zero-order chi connectivity index (χ0) is 8.15. The highest BCUT2D eigenvalue weighted by Crippen LogP contribution is 2.02. The van der Waals surface area contributed by atoms with Crippen molar-refractivity contribution in [3.05, 3.63) is 0 Å². The second-order valence-corrected chi connectivity index (χ2v) is 4.09. The number of hydrogen-bond donors (Lipinski definition) is 1. The molecule has 0 aromatic heterocycles. The van der Waals surface area contributed by atoms with E-state index >= 15 is 0 Å². The molecule has 0 aliphatic heterocycles. The van der Waals surface area contributed by atoms with E-state index in [-0.39, 0.29) is 0 Å². The van der Waals surface area contributed by atoms with Gasteiger partial charge in [0.1, 0.15) is 0 Å². The Morgan fingerprint density at radius 2 is 1.80 bits per heavy atom. The first-order valence-corrected chi connectivity index (χ1v) is 4.44. The van der Waals surface area contributed by atoms with Crippen LogP contribution in [0.3, 0.4) is 0 Å². The Hall–Kier alpha value is 0.310. The van der Waals surface area contributed by atoms with E-state index in [1.165, 1.54) is 6.42 Å². The molecule has 0 radical (unpaired) electrons. The molecule has 0 spiro atoms. The van der Waals surface area contributed by atoms with E-state index in [2.05, 4.69) is 45.3 Å². The average Bonchev–Trinajstić information content (AvgIpc) is 1.82. The lowest BCUT2D eigenvalue weighted by molar-refractivity contribution is 0.271. The third-order valence-electron chi connectivity index (χ3n) is 1.78. The summed E-state index contributed by atoms with van der Waals surface area (Å²) in [6, 6.07) is 0.659. The molecule has 0 N–H and O–H groups in total. The molecular formula is C8H19NS. The number of rotatable bonds is 4. The summed E-state index contributed by atoms with van der Waals surface area (Å²) >= 11 is 4.31. The fourth-order valence-corrected chi connectivity index (χ4v) is 0.764. The number of hydrogen-bond acceptors (Lipinski definition) is 2. The van der Waals surface area contributed by atoms with Crippen molar-refractivity contribution in [3.63, 3.8) is 0 Å². The van der Waals surface area contributed by atoms with Gasteiger partial charge in [-0.05, 0) is 33.9 Å². The Bertz CT molecular complexity index is 81.3. The van der Waals surface area contributed by atoms with Crippen molar-refractivity contribution < 1.29 is 0 Å². The lowest BCUT2D eigenvalue weighted by Gasteiger charge is -2.21. The van der Waals surface area contributed by atoms with Gasteiger partial charge in [0.2, 0.25) is 0 Å².